The van der Waals surface area contributed by atoms with E-state index in [-0.39, 0.29) is 17.9 Å². The van der Waals surface area contributed by atoms with Crippen molar-refractivity contribution in [3.63, 3.8) is 0 Å². The average Bonchev–Trinajstić information content (AvgIpc) is 3.47. The first-order valence-electron chi connectivity index (χ1n) is 13.0. The molecule has 36 heavy (non-hydrogen) atoms. The van der Waals surface area contributed by atoms with Crippen molar-refractivity contribution >= 4 is 16.9 Å². The van der Waals surface area contributed by atoms with Gasteiger partial charge in [-0.05, 0) is 48.6 Å². The van der Waals surface area contributed by atoms with Crippen molar-refractivity contribution in [3.05, 3.63) is 95.8 Å². The maximum absolute atomic E-state index is 13.1. The number of nitrogens with zero attached hydrogens (tertiary/aromatic N) is 3. The molecule has 0 radical (unpaired) electrons. The molecule has 5 rings (SSSR count). The van der Waals surface area contributed by atoms with Gasteiger partial charge in [0.2, 0.25) is 5.91 Å². The Balaban J connectivity index is 1.32. The van der Waals surface area contributed by atoms with Crippen LogP contribution >= 0.6 is 0 Å². The standard InChI is InChI=1S/C31H35N3O2/c1-22(2)26-14-7-10-17-29(26)36-19-11-18-33-28-16-9-8-15-27(28)32-31(33)25-20-30(35)34(21-25)23(3)24-12-5-4-6-13-24/h4-10,12-17,22-23,25H,11,18-21H2,1-3H3. The lowest BCUT2D eigenvalue weighted by Gasteiger charge is -2.25. The highest BCUT2D eigenvalue weighted by molar-refractivity contribution is 5.81. The highest BCUT2D eigenvalue weighted by Crippen LogP contribution is 2.35. The Hall–Kier alpha value is -3.60. The number of amides is 1. The van der Waals surface area contributed by atoms with E-state index in [1.54, 1.807) is 0 Å². The summed E-state index contributed by atoms with van der Waals surface area (Å²) in [7, 11) is 0. The third kappa shape index (κ3) is 4.88. The van der Waals surface area contributed by atoms with Gasteiger partial charge < -0.3 is 14.2 Å². The summed E-state index contributed by atoms with van der Waals surface area (Å²) in [4.78, 5) is 20.1. The number of aromatic nitrogens is 2. The fourth-order valence-corrected chi connectivity index (χ4v) is 5.32. The van der Waals surface area contributed by atoms with Crippen LogP contribution in [0.1, 0.15) is 68.4 Å². The van der Waals surface area contributed by atoms with Crippen LogP contribution in [-0.2, 0) is 11.3 Å². The molecule has 0 bridgehead atoms. The van der Waals surface area contributed by atoms with Gasteiger partial charge in [-0.25, -0.2) is 4.98 Å². The minimum Gasteiger partial charge on any atom is -0.493 e. The number of para-hydroxylation sites is 3. The van der Waals surface area contributed by atoms with Crippen molar-refractivity contribution in [1.82, 2.24) is 14.5 Å². The number of carbonyl (C=O) groups excluding carboxylic acids is 1. The number of hydrogen-bond donors (Lipinski definition) is 0. The minimum atomic E-state index is 0.0518. The maximum atomic E-state index is 13.1. The number of likely N-dealkylation sites (tertiary alicyclic amines) is 1. The SMILES string of the molecule is CC(C)c1ccccc1OCCCn1c(C2CC(=O)N(C(C)c3ccccc3)C2)nc2ccccc21. The third-order valence-corrected chi connectivity index (χ3v) is 7.28. The predicted molar refractivity (Wildman–Crippen MR) is 144 cm³/mol. The van der Waals surface area contributed by atoms with Gasteiger partial charge in [-0.1, -0.05) is 74.5 Å². The lowest BCUT2D eigenvalue weighted by Crippen LogP contribution is -2.28. The molecule has 2 atom stereocenters. The molecule has 0 aliphatic carbocycles. The van der Waals surface area contributed by atoms with Gasteiger partial charge in [0.1, 0.15) is 11.6 Å². The molecular formula is C31H35N3O2. The number of rotatable bonds is 9. The number of imidazole rings is 1. The van der Waals surface area contributed by atoms with Crippen molar-refractivity contribution in [2.75, 3.05) is 13.2 Å². The molecule has 1 aliphatic rings. The number of carbonyl (C=O) groups is 1. The van der Waals surface area contributed by atoms with Crippen LogP contribution in [0.3, 0.4) is 0 Å². The summed E-state index contributed by atoms with van der Waals surface area (Å²) < 4.78 is 8.50. The van der Waals surface area contributed by atoms with Crippen molar-refractivity contribution in [2.24, 2.45) is 0 Å². The van der Waals surface area contributed by atoms with Gasteiger partial charge in [0.05, 0.1) is 23.7 Å². The Labute approximate surface area is 213 Å². The van der Waals surface area contributed by atoms with Crippen molar-refractivity contribution in [2.45, 2.75) is 58.0 Å². The number of aryl methyl sites for hydroxylation is 1. The molecule has 2 unspecified atom stereocenters. The second-order valence-corrected chi connectivity index (χ2v) is 10.0. The van der Waals surface area contributed by atoms with Crippen molar-refractivity contribution in [1.29, 1.82) is 0 Å². The lowest BCUT2D eigenvalue weighted by atomic mass is 10.0. The van der Waals surface area contributed by atoms with Gasteiger partial charge in [0, 0.05) is 25.4 Å². The van der Waals surface area contributed by atoms with Crippen LogP contribution in [-0.4, -0.2) is 33.5 Å². The van der Waals surface area contributed by atoms with Gasteiger partial charge in [0.15, 0.2) is 0 Å². The number of ether oxygens (including phenoxy) is 1. The first-order valence-corrected chi connectivity index (χ1v) is 13.0. The molecule has 5 nitrogen and oxygen atoms in total. The number of hydrogen-bond acceptors (Lipinski definition) is 3. The number of benzene rings is 3. The molecule has 1 aromatic heterocycles. The van der Waals surface area contributed by atoms with E-state index in [1.807, 2.05) is 35.2 Å². The van der Waals surface area contributed by atoms with Gasteiger partial charge in [0.25, 0.3) is 0 Å². The number of fused-ring (bicyclic) bond motifs is 1. The van der Waals surface area contributed by atoms with E-state index in [2.05, 4.69) is 73.9 Å². The Kier molecular flexibility index (Phi) is 7.08. The van der Waals surface area contributed by atoms with Crippen LogP contribution in [0, 0.1) is 0 Å². The maximum Gasteiger partial charge on any atom is 0.223 e. The Bertz CT molecular complexity index is 1330. The topological polar surface area (TPSA) is 47.4 Å². The lowest BCUT2D eigenvalue weighted by molar-refractivity contribution is -0.129. The first-order chi connectivity index (χ1) is 17.5. The summed E-state index contributed by atoms with van der Waals surface area (Å²) in [5, 5.41) is 0. The molecule has 1 amide bonds. The Morgan fingerprint density at radius 2 is 1.67 bits per heavy atom. The second kappa shape index (κ2) is 10.6. The second-order valence-electron chi connectivity index (χ2n) is 10.0. The fraction of sp³-hybridized carbons (Fsp3) is 0.355. The predicted octanol–water partition coefficient (Wildman–Crippen LogP) is 6.71. The van der Waals surface area contributed by atoms with E-state index in [0.717, 1.165) is 35.6 Å². The molecule has 4 aromatic rings. The zero-order valence-electron chi connectivity index (χ0n) is 21.4. The summed E-state index contributed by atoms with van der Waals surface area (Å²) in [6, 6.07) is 26.9. The summed E-state index contributed by atoms with van der Waals surface area (Å²) in [6.45, 7) is 8.63. The minimum absolute atomic E-state index is 0.0518. The van der Waals surface area contributed by atoms with Gasteiger partial charge in [-0.3, -0.25) is 4.79 Å². The normalized spacial score (nSPS) is 16.7. The molecule has 2 heterocycles. The molecule has 1 aliphatic heterocycles. The van der Waals surface area contributed by atoms with Gasteiger partial charge >= 0.3 is 0 Å². The van der Waals surface area contributed by atoms with Crippen molar-refractivity contribution < 1.29 is 9.53 Å². The zero-order valence-corrected chi connectivity index (χ0v) is 21.4. The molecule has 1 fully saturated rings. The Morgan fingerprint density at radius 1 is 0.944 bits per heavy atom. The van der Waals surface area contributed by atoms with Crippen LogP contribution in [0.15, 0.2) is 78.9 Å². The van der Waals surface area contributed by atoms with Crippen LogP contribution in [0.25, 0.3) is 11.0 Å². The highest BCUT2D eigenvalue weighted by atomic mass is 16.5. The van der Waals surface area contributed by atoms with Crippen LogP contribution < -0.4 is 4.74 Å². The summed E-state index contributed by atoms with van der Waals surface area (Å²) in [5.41, 5.74) is 4.51. The van der Waals surface area contributed by atoms with Crippen LogP contribution in [0.2, 0.25) is 0 Å². The molecule has 3 aromatic carbocycles. The first kappa shape index (κ1) is 24.1. The average molecular weight is 482 g/mol. The van der Waals surface area contributed by atoms with E-state index in [9.17, 15) is 4.79 Å². The van der Waals surface area contributed by atoms with E-state index in [0.29, 0.717) is 25.5 Å². The monoisotopic (exact) mass is 481 g/mol. The van der Waals surface area contributed by atoms with Gasteiger partial charge in [-0.15, -0.1) is 0 Å². The largest absolute Gasteiger partial charge is 0.493 e. The fourth-order valence-electron chi connectivity index (χ4n) is 5.32. The molecule has 186 valence electrons. The molecule has 0 saturated carbocycles. The summed E-state index contributed by atoms with van der Waals surface area (Å²) in [5.74, 6) is 2.68. The summed E-state index contributed by atoms with van der Waals surface area (Å²) >= 11 is 0. The van der Waals surface area contributed by atoms with E-state index in [1.165, 1.54) is 11.1 Å². The molecular weight excluding hydrogens is 446 g/mol. The van der Waals surface area contributed by atoms with Crippen molar-refractivity contribution in [3.8, 4) is 5.75 Å². The third-order valence-electron chi connectivity index (χ3n) is 7.28. The molecule has 1 saturated heterocycles. The molecule has 0 N–H and O–H groups in total. The molecule has 0 spiro atoms. The van der Waals surface area contributed by atoms with E-state index in [4.69, 9.17) is 9.72 Å². The highest BCUT2D eigenvalue weighted by Gasteiger charge is 2.36. The summed E-state index contributed by atoms with van der Waals surface area (Å²) in [6.07, 6.45) is 1.36. The smallest absolute Gasteiger partial charge is 0.223 e. The van der Waals surface area contributed by atoms with Crippen LogP contribution in [0.5, 0.6) is 5.75 Å². The zero-order chi connectivity index (χ0) is 25.1. The van der Waals surface area contributed by atoms with Crippen LogP contribution in [0.4, 0.5) is 0 Å². The van der Waals surface area contributed by atoms with E-state index >= 15 is 0 Å². The quantitative estimate of drug-likeness (QED) is 0.250. The Morgan fingerprint density at radius 3 is 2.47 bits per heavy atom. The van der Waals surface area contributed by atoms with Gasteiger partial charge in [-0.2, -0.15) is 0 Å². The molecule has 5 heteroatoms. The van der Waals surface area contributed by atoms with E-state index < -0.39 is 0 Å².